The minimum atomic E-state index is -3.41. The molecule has 1 aromatic rings. The summed E-state index contributed by atoms with van der Waals surface area (Å²) in [4.78, 5) is 0. The Kier molecular flexibility index (Phi) is 4.78. The van der Waals surface area contributed by atoms with Crippen LogP contribution in [-0.2, 0) is 15.8 Å². The molecule has 2 N–H and O–H groups in total. The summed E-state index contributed by atoms with van der Waals surface area (Å²) in [6, 6.07) is 5.73. The smallest absolute Gasteiger partial charge is 0.218 e. The third-order valence-corrected chi connectivity index (χ3v) is 5.61. The molecule has 0 saturated carbocycles. The predicted octanol–water partition coefficient (Wildman–Crippen LogP) is 1.71. The lowest BCUT2D eigenvalue weighted by Gasteiger charge is -2.33. The van der Waals surface area contributed by atoms with Gasteiger partial charge in [0.1, 0.15) is 5.82 Å². The first-order chi connectivity index (χ1) is 9.38. The average Bonchev–Trinajstić information content (AvgIpc) is 2.38. The Bertz CT molecular complexity index is 560. The van der Waals surface area contributed by atoms with Gasteiger partial charge in [-0.1, -0.05) is 12.1 Å². The summed E-state index contributed by atoms with van der Waals surface area (Å²) in [6.07, 6.45) is 1.79. The number of halogens is 1. The van der Waals surface area contributed by atoms with Crippen molar-refractivity contribution in [3.63, 3.8) is 0 Å². The van der Waals surface area contributed by atoms with Crippen molar-refractivity contribution >= 4 is 10.0 Å². The Balaban J connectivity index is 2.10. The largest absolute Gasteiger partial charge is 0.328 e. The molecule has 1 saturated heterocycles. The van der Waals surface area contributed by atoms with E-state index in [-0.39, 0.29) is 17.7 Å². The van der Waals surface area contributed by atoms with Crippen molar-refractivity contribution in [2.75, 3.05) is 13.1 Å². The second-order valence-corrected chi connectivity index (χ2v) is 7.47. The highest BCUT2D eigenvalue weighted by atomic mass is 32.2. The summed E-state index contributed by atoms with van der Waals surface area (Å²) in [7, 11) is -3.41. The standard InChI is InChI=1S/C14H21FN2O2S/c1-11(16)13-5-3-7-17(9-13)20(18,19)10-12-4-2-6-14(15)8-12/h2,4,6,8,11,13H,3,5,7,9-10,16H2,1H3. The van der Waals surface area contributed by atoms with Gasteiger partial charge in [-0.2, -0.15) is 0 Å². The van der Waals surface area contributed by atoms with Crippen molar-refractivity contribution < 1.29 is 12.8 Å². The normalized spacial score (nSPS) is 22.6. The van der Waals surface area contributed by atoms with Crippen LogP contribution in [0.25, 0.3) is 0 Å². The monoisotopic (exact) mass is 300 g/mol. The SMILES string of the molecule is CC(N)C1CCCN(S(=O)(=O)Cc2cccc(F)c2)C1. The molecule has 0 radical (unpaired) electrons. The highest BCUT2D eigenvalue weighted by molar-refractivity contribution is 7.88. The van der Waals surface area contributed by atoms with Crippen LogP contribution in [0.15, 0.2) is 24.3 Å². The molecule has 112 valence electrons. The van der Waals surface area contributed by atoms with Gasteiger partial charge in [0.15, 0.2) is 0 Å². The Hall–Kier alpha value is -0.980. The number of nitrogens with two attached hydrogens (primary N) is 1. The van der Waals surface area contributed by atoms with E-state index >= 15 is 0 Å². The lowest BCUT2D eigenvalue weighted by molar-refractivity contribution is 0.243. The first-order valence-corrected chi connectivity index (χ1v) is 8.47. The minimum Gasteiger partial charge on any atom is -0.328 e. The molecule has 1 heterocycles. The summed E-state index contributed by atoms with van der Waals surface area (Å²) >= 11 is 0. The molecule has 0 amide bonds. The molecule has 0 aliphatic carbocycles. The number of hydrogen-bond donors (Lipinski definition) is 1. The summed E-state index contributed by atoms with van der Waals surface area (Å²) in [5.41, 5.74) is 6.35. The van der Waals surface area contributed by atoms with Crippen molar-refractivity contribution in [2.45, 2.75) is 31.6 Å². The fourth-order valence-electron chi connectivity index (χ4n) is 2.58. The fourth-order valence-corrected chi connectivity index (χ4v) is 4.19. The molecule has 0 bridgehead atoms. The van der Waals surface area contributed by atoms with Gasteiger partial charge in [-0.05, 0) is 43.4 Å². The fraction of sp³-hybridized carbons (Fsp3) is 0.571. The van der Waals surface area contributed by atoms with Crippen LogP contribution in [0.4, 0.5) is 4.39 Å². The highest BCUT2D eigenvalue weighted by Gasteiger charge is 2.30. The maximum atomic E-state index is 13.1. The number of sulfonamides is 1. The molecular weight excluding hydrogens is 279 g/mol. The predicted molar refractivity (Wildman–Crippen MR) is 77.0 cm³/mol. The molecule has 6 heteroatoms. The topological polar surface area (TPSA) is 63.4 Å². The van der Waals surface area contributed by atoms with E-state index in [4.69, 9.17) is 5.73 Å². The van der Waals surface area contributed by atoms with Crippen molar-refractivity contribution in [3.05, 3.63) is 35.6 Å². The Morgan fingerprint density at radius 3 is 2.90 bits per heavy atom. The van der Waals surface area contributed by atoms with E-state index in [9.17, 15) is 12.8 Å². The van der Waals surface area contributed by atoms with Gasteiger partial charge in [-0.3, -0.25) is 0 Å². The van der Waals surface area contributed by atoms with E-state index in [0.717, 1.165) is 12.8 Å². The number of nitrogens with zero attached hydrogens (tertiary/aromatic N) is 1. The quantitative estimate of drug-likeness (QED) is 0.921. The van der Waals surface area contributed by atoms with Gasteiger partial charge in [-0.15, -0.1) is 0 Å². The lowest BCUT2D eigenvalue weighted by atomic mass is 9.93. The van der Waals surface area contributed by atoms with Gasteiger partial charge in [0.25, 0.3) is 0 Å². The third-order valence-electron chi connectivity index (χ3n) is 3.80. The summed E-state index contributed by atoms with van der Waals surface area (Å²) in [5, 5.41) is 0. The zero-order valence-electron chi connectivity index (χ0n) is 11.6. The van der Waals surface area contributed by atoms with E-state index in [1.807, 2.05) is 6.92 Å². The van der Waals surface area contributed by atoms with Crippen molar-refractivity contribution in [2.24, 2.45) is 11.7 Å². The first-order valence-electron chi connectivity index (χ1n) is 6.86. The van der Waals surface area contributed by atoms with Crippen LogP contribution in [0, 0.1) is 11.7 Å². The Labute approximate surface area is 119 Å². The molecule has 0 aromatic heterocycles. The second kappa shape index (κ2) is 6.20. The highest BCUT2D eigenvalue weighted by Crippen LogP contribution is 2.23. The van der Waals surface area contributed by atoms with Gasteiger partial charge in [0.2, 0.25) is 10.0 Å². The molecule has 1 aliphatic rings. The number of piperidine rings is 1. The number of rotatable bonds is 4. The maximum Gasteiger partial charge on any atom is 0.218 e. The summed E-state index contributed by atoms with van der Waals surface area (Å²) in [6.45, 7) is 2.91. The van der Waals surface area contributed by atoms with Crippen LogP contribution in [0.2, 0.25) is 0 Å². The minimum absolute atomic E-state index is 0.0119. The van der Waals surface area contributed by atoms with Crippen LogP contribution in [0.5, 0.6) is 0 Å². The number of hydrogen-bond acceptors (Lipinski definition) is 3. The van der Waals surface area contributed by atoms with Crippen LogP contribution >= 0.6 is 0 Å². The van der Waals surface area contributed by atoms with Gasteiger partial charge in [0.05, 0.1) is 5.75 Å². The molecule has 1 fully saturated rings. The first kappa shape index (κ1) is 15.4. The molecule has 4 nitrogen and oxygen atoms in total. The third kappa shape index (κ3) is 3.77. The summed E-state index contributed by atoms with van der Waals surface area (Å²) in [5.74, 6) is -0.369. The second-order valence-electron chi connectivity index (χ2n) is 5.51. The van der Waals surface area contributed by atoms with Crippen LogP contribution < -0.4 is 5.73 Å². The van der Waals surface area contributed by atoms with Crippen molar-refractivity contribution in [1.29, 1.82) is 0 Å². The van der Waals surface area contributed by atoms with Crippen molar-refractivity contribution in [1.82, 2.24) is 4.31 Å². The molecule has 1 aromatic carbocycles. The van der Waals surface area contributed by atoms with Crippen LogP contribution in [-0.4, -0.2) is 31.9 Å². The zero-order valence-corrected chi connectivity index (χ0v) is 12.4. The molecule has 2 rings (SSSR count). The average molecular weight is 300 g/mol. The van der Waals surface area contributed by atoms with E-state index in [1.165, 1.54) is 22.5 Å². The molecular formula is C14H21FN2O2S. The molecule has 0 spiro atoms. The van der Waals surface area contributed by atoms with Gasteiger partial charge in [-0.25, -0.2) is 17.1 Å². The van der Waals surface area contributed by atoms with E-state index < -0.39 is 15.8 Å². The molecule has 2 unspecified atom stereocenters. The molecule has 2 atom stereocenters. The summed E-state index contributed by atoms with van der Waals surface area (Å²) < 4.78 is 39.4. The van der Waals surface area contributed by atoms with Crippen molar-refractivity contribution in [3.8, 4) is 0 Å². The van der Waals surface area contributed by atoms with E-state index in [1.54, 1.807) is 6.07 Å². The molecule has 1 aliphatic heterocycles. The van der Waals surface area contributed by atoms with Gasteiger partial charge in [0, 0.05) is 19.1 Å². The van der Waals surface area contributed by atoms with Gasteiger partial charge < -0.3 is 5.73 Å². The Morgan fingerprint density at radius 2 is 2.25 bits per heavy atom. The van der Waals surface area contributed by atoms with E-state index in [2.05, 4.69) is 0 Å². The lowest BCUT2D eigenvalue weighted by Crippen LogP contribution is -2.45. The van der Waals surface area contributed by atoms with Gasteiger partial charge >= 0.3 is 0 Å². The molecule has 20 heavy (non-hydrogen) atoms. The number of benzene rings is 1. The van der Waals surface area contributed by atoms with E-state index in [0.29, 0.717) is 18.7 Å². The Morgan fingerprint density at radius 1 is 1.50 bits per heavy atom. The van der Waals surface area contributed by atoms with Crippen LogP contribution in [0.3, 0.4) is 0 Å². The maximum absolute atomic E-state index is 13.1. The van der Waals surface area contributed by atoms with Crippen LogP contribution in [0.1, 0.15) is 25.3 Å². The zero-order chi connectivity index (χ0) is 14.8.